The van der Waals surface area contributed by atoms with Crippen LogP contribution in [-0.4, -0.2) is 68.2 Å². The molecule has 3 atom stereocenters. The molecule has 1 aromatic carbocycles. The topological polar surface area (TPSA) is 54.0 Å². The second-order valence-electron chi connectivity index (χ2n) is 11.2. The summed E-state index contributed by atoms with van der Waals surface area (Å²) in [5.41, 5.74) is 4.54. The molecule has 2 saturated heterocycles. The third kappa shape index (κ3) is 7.51. The Labute approximate surface area is 230 Å². The van der Waals surface area contributed by atoms with Crippen LogP contribution < -0.4 is 10.1 Å². The molecular weight excluding hydrogens is 474 g/mol. The second kappa shape index (κ2) is 14.0. The van der Waals surface area contributed by atoms with Gasteiger partial charge in [0.1, 0.15) is 11.5 Å². The molecule has 1 N–H and O–H groups in total. The van der Waals surface area contributed by atoms with Gasteiger partial charge in [0.2, 0.25) is 0 Å². The SMILES string of the molecule is C=C(/C=C(\C=C/C)C(=O)NC1CC2CCC(C1)N2C(C)c1ccc(OCCCCN(C)C)c(C)c1C)OC. The number of unbranched alkanes of at least 4 members (excludes halogenated alkanes) is 1. The maximum atomic E-state index is 13.0. The number of benzene rings is 1. The van der Waals surface area contributed by atoms with Crippen molar-refractivity contribution in [2.24, 2.45) is 0 Å². The Bertz CT molecular complexity index is 1020. The fourth-order valence-electron chi connectivity index (χ4n) is 6.13. The molecule has 38 heavy (non-hydrogen) atoms. The number of carbonyl (C=O) groups excluding carboxylic acids is 1. The summed E-state index contributed by atoms with van der Waals surface area (Å²) >= 11 is 0. The smallest absolute Gasteiger partial charge is 0.251 e. The molecule has 3 unspecified atom stereocenters. The highest BCUT2D eigenvalue weighted by molar-refractivity contribution is 5.96. The Balaban J connectivity index is 1.63. The lowest BCUT2D eigenvalue weighted by Gasteiger charge is -2.43. The van der Waals surface area contributed by atoms with Crippen molar-refractivity contribution < 1.29 is 14.3 Å². The normalized spacial score (nSPS) is 22.6. The standard InChI is InChI=1S/C32H49N3O3/c1-9-12-26(19-22(2)37-8)32(36)33-27-20-28-13-14-29(21-27)35(28)25(5)30-15-16-31(24(4)23(30)3)38-18-11-10-17-34(6)7/h9,12,15-16,19,25,27-29H,2,10-11,13-14,17-18,20-21H2,1,3-8H3,(H,33,36)/b12-9-,26-19+. The average molecular weight is 524 g/mol. The Morgan fingerprint density at radius 3 is 2.47 bits per heavy atom. The first-order chi connectivity index (χ1) is 18.2. The number of nitrogens with zero attached hydrogens (tertiary/aromatic N) is 2. The van der Waals surface area contributed by atoms with Crippen LogP contribution >= 0.6 is 0 Å². The number of amides is 1. The molecule has 2 fully saturated rings. The first-order valence-corrected chi connectivity index (χ1v) is 14.2. The zero-order chi connectivity index (χ0) is 27.8. The molecule has 1 amide bonds. The van der Waals surface area contributed by atoms with Gasteiger partial charge in [0.05, 0.1) is 13.7 Å². The average Bonchev–Trinajstić information content (AvgIpc) is 3.15. The van der Waals surface area contributed by atoms with E-state index in [1.807, 2.05) is 19.1 Å². The summed E-state index contributed by atoms with van der Waals surface area (Å²) in [6.45, 7) is 14.4. The van der Waals surface area contributed by atoms with Crippen LogP contribution in [0.5, 0.6) is 5.75 Å². The van der Waals surface area contributed by atoms with Crippen LogP contribution in [0.2, 0.25) is 0 Å². The highest BCUT2D eigenvalue weighted by Crippen LogP contribution is 2.43. The minimum absolute atomic E-state index is 0.0593. The van der Waals surface area contributed by atoms with Gasteiger partial charge in [-0.3, -0.25) is 9.69 Å². The van der Waals surface area contributed by atoms with Crippen LogP contribution in [0.1, 0.15) is 75.1 Å². The lowest BCUT2D eigenvalue weighted by atomic mass is 9.91. The maximum Gasteiger partial charge on any atom is 0.251 e. The van der Waals surface area contributed by atoms with E-state index >= 15 is 0 Å². The number of piperidine rings is 1. The molecule has 0 spiro atoms. The summed E-state index contributed by atoms with van der Waals surface area (Å²) in [6, 6.07) is 5.90. The molecule has 6 nitrogen and oxygen atoms in total. The molecule has 0 saturated carbocycles. The quantitative estimate of drug-likeness (QED) is 0.152. The van der Waals surface area contributed by atoms with Crippen molar-refractivity contribution in [3.8, 4) is 5.75 Å². The Morgan fingerprint density at radius 1 is 1.18 bits per heavy atom. The monoisotopic (exact) mass is 523 g/mol. The summed E-state index contributed by atoms with van der Waals surface area (Å²) in [7, 11) is 5.79. The fourth-order valence-corrected chi connectivity index (χ4v) is 6.13. The van der Waals surface area contributed by atoms with Crippen molar-refractivity contribution in [3.63, 3.8) is 0 Å². The molecular formula is C32H49N3O3. The number of ether oxygens (including phenoxy) is 2. The molecule has 1 aromatic rings. The van der Waals surface area contributed by atoms with E-state index < -0.39 is 0 Å². The van der Waals surface area contributed by atoms with Gasteiger partial charge in [0.25, 0.3) is 5.91 Å². The van der Waals surface area contributed by atoms with Gasteiger partial charge in [-0.15, -0.1) is 0 Å². The summed E-state index contributed by atoms with van der Waals surface area (Å²) in [5, 5.41) is 3.29. The largest absolute Gasteiger partial charge is 0.497 e. The molecule has 2 heterocycles. The van der Waals surface area contributed by atoms with Gasteiger partial charge >= 0.3 is 0 Å². The molecule has 0 aromatic heterocycles. The van der Waals surface area contributed by atoms with E-state index in [-0.39, 0.29) is 11.9 Å². The number of allylic oxidation sites excluding steroid dienone is 2. The Hall–Kier alpha value is -2.57. The predicted molar refractivity (Wildman–Crippen MR) is 156 cm³/mol. The van der Waals surface area contributed by atoms with Crippen molar-refractivity contribution in [1.82, 2.24) is 15.1 Å². The molecule has 2 bridgehead atoms. The molecule has 2 aliphatic heterocycles. The molecule has 6 heteroatoms. The van der Waals surface area contributed by atoms with E-state index in [4.69, 9.17) is 9.47 Å². The van der Waals surface area contributed by atoms with Crippen molar-refractivity contribution in [3.05, 3.63) is 65.0 Å². The molecule has 0 aliphatic carbocycles. The van der Waals surface area contributed by atoms with Crippen molar-refractivity contribution in [2.75, 3.05) is 34.4 Å². The van der Waals surface area contributed by atoms with Crippen LogP contribution in [0.3, 0.4) is 0 Å². The molecule has 3 rings (SSSR count). The van der Waals surface area contributed by atoms with E-state index in [2.05, 4.69) is 68.7 Å². The minimum Gasteiger partial charge on any atom is -0.497 e. The number of rotatable bonds is 13. The van der Waals surface area contributed by atoms with E-state index in [1.54, 1.807) is 13.2 Å². The van der Waals surface area contributed by atoms with Gasteiger partial charge < -0.3 is 19.7 Å². The minimum atomic E-state index is -0.0593. The molecule has 2 aliphatic rings. The van der Waals surface area contributed by atoms with E-state index in [0.29, 0.717) is 29.5 Å². The summed E-state index contributed by atoms with van der Waals surface area (Å²) in [6.07, 6.45) is 11.9. The number of nitrogens with one attached hydrogen (secondary N) is 1. The van der Waals surface area contributed by atoms with Crippen molar-refractivity contribution >= 4 is 5.91 Å². The Morgan fingerprint density at radius 2 is 1.87 bits per heavy atom. The number of hydrogen-bond acceptors (Lipinski definition) is 5. The van der Waals surface area contributed by atoms with Crippen LogP contribution in [0.25, 0.3) is 0 Å². The van der Waals surface area contributed by atoms with Gasteiger partial charge in [-0.2, -0.15) is 0 Å². The lowest BCUT2D eigenvalue weighted by Crippen LogP contribution is -2.51. The van der Waals surface area contributed by atoms with Gasteiger partial charge in [-0.1, -0.05) is 24.8 Å². The Kier molecular flexibility index (Phi) is 11.0. The third-order valence-corrected chi connectivity index (χ3v) is 8.25. The second-order valence-corrected chi connectivity index (χ2v) is 11.2. The van der Waals surface area contributed by atoms with E-state index in [9.17, 15) is 4.79 Å². The number of hydrogen-bond donors (Lipinski definition) is 1. The van der Waals surface area contributed by atoms with E-state index in [0.717, 1.165) is 44.6 Å². The predicted octanol–water partition coefficient (Wildman–Crippen LogP) is 5.86. The van der Waals surface area contributed by atoms with Crippen molar-refractivity contribution in [2.45, 2.75) is 90.4 Å². The highest BCUT2D eigenvalue weighted by Gasteiger charge is 2.43. The number of methoxy groups -OCH3 is 1. The van der Waals surface area contributed by atoms with Gasteiger partial charge in [0.15, 0.2) is 0 Å². The highest BCUT2D eigenvalue weighted by atomic mass is 16.5. The fraction of sp³-hybridized carbons (Fsp3) is 0.594. The number of carbonyl (C=O) groups is 1. The van der Waals surface area contributed by atoms with Crippen LogP contribution in [-0.2, 0) is 9.53 Å². The summed E-state index contributed by atoms with van der Waals surface area (Å²) in [4.78, 5) is 17.9. The molecule has 210 valence electrons. The van der Waals surface area contributed by atoms with Crippen LogP contribution in [0, 0.1) is 13.8 Å². The van der Waals surface area contributed by atoms with Crippen LogP contribution in [0.15, 0.2) is 48.3 Å². The third-order valence-electron chi connectivity index (χ3n) is 8.25. The zero-order valence-corrected chi connectivity index (χ0v) is 24.7. The lowest BCUT2D eigenvalue weighted by molar-refractivity contribution is -0.118. The maximum absolute atomic E-state index is 13.0. The summed E-state index contributed by atoms with van der Waals surface area (Å²) < 4.78 is 11.3. The first-order valence-electron chi connectivity index (χ1n) is 14.2. The first kappa shape index (κ1) is 30.0. The van der Waals surface area contributed by atoms with Crippen molar-refractivity contribution in [1.29, 1.82) is 0 Å². The van der Waals surface area contributed by atoms with E-state index in [1.165, 1.54) is 29.5 Å². The van der Waals surface area contributed by atoms with Gasteiger partial charge in [-0.25, -0.2) is 0 Å². The van der Waals surface area contributed by atoms with Crippen LogP contribution in [0.4, 0.5) is 0 Å². The zero-order valence-electron chi connectivity index (χ0n) is 24.7. The van der Waals surface area contributed by atoms with Gasteiger partial charge in [-0.05, 0) is 116 Å². The molecule has 0 radical (unpaired) electrons. The summed E-state index contributed by atoms with van der Waals surface area (Å²) in [5.74, 6) is 1.42. The van der Waals surface area contributed by atoms with Gasteiger partial charge in [0, 0.05) is 29.7 Å². The number of fused-ring (bicyclic) bond motifs is 2.